The summed E-state index contributed by atoms with van der Waals surface area (Å²) < 4.78 is 0. The Kier molecular flexibility index (Phi) is 3.22. The van der Waals surface area contributed by atoms with E-state index in [1.54, 1.807) is 0 Å². The minimum Gasteiger partial charge on any atom is -0.305 e. The van der Waals surface area contributed by atoms with E-state index in [4.69, 9.17) is 23.2 Å². The topological polar surface area (TPSA) is 27.6 Å². The van der Waals surface area contributed by atoms with Gasteiger partial charge in [0.2, 0.25) is 0 Å². The maximum absolute atomic E-state index is 6.29. The Balaban J connectivity index is 1.94. The van der Waals surface area contributed by atoms with Crippen LogP contribution in [0.4, 0.5) is 0 Å². The summed E-state index contributed by atoms with van der Waals surface area (Å²) in [7, 11) is 2.14. The average molecular weight is 284 g/mol. The van der Waals surface area contributed by atoms with Gasteiger partial charge >= 0.3 is 0 Å². The highest BCUT2D eigenvalue weighted by atomic mass is 35.5. The molecule has 0 aromatic heterocycles. The van der Waals surface area contributed by atoms with Crippen molar-refractivity contribution >= 4 is 28.9 Å². The molecular formula is C13H15Cl2N3. The molecule has 5 heteroatoms. The van der Waals surface area contributed by atoms with E-state index >= 15 is 0 Å². The van der Waals surface area contributed by atoms with Crippen LogP contribution >= 0.6 is 23.2 Å². The van der Waals surface area contributed by atoms with Gasteiger partial charge in [0.15, 0.2) is 0 Å². The highest BCUT2D eigenvalue weighted by molar-refractivity contribution is 6.36. The van der Waals surface area contributed by atoms with Crippen LogP contribution in [0.5, 0.6) is 0 Å². The van der Waals surface area contributed by atoms with Crippen LogP contribution in [0.15, 0.2) is 23.3 Å². The molecule has 2 unspecified atom stereocenters. The van der Waals surface area contributed by atoms with Crippen LogP contribution in [0.1, 0.15) is 18.0 Å². The van der Waals surface area contributed by atoms with Crippen molar-refractivity contribution < 1.29 is 0 Å². The molecule has 96 valence electrons. The molecule has 1 N–H and O–H groups in total. The number of nitrogens with zero attached hydrogens (tertiary/aromatic N) is 2. The number of likely N-dealkylation sites (tertiary alicyclic amines) is 1. The standard InChI is InChI=1S/C13H15Cl2N3/c1-18-6-5-11-8(7-18)13(17-16-11)12-9(14)3-2-4-10(12)15/h2-4,8,13,17H,5-7H2,1H3. The van der Waals surface area contributed by atoms with E-state index < -0.39 is 0 Å². The van der Waals surface area contributed by atoms with Gasteiger partial charge in [0.1, 0.15) is 0 Å². The van der Waals surface area contributed by atoms with Crippen LogP contribution < -0.4 is 5.43 Å². The number of hydrogen-bond donors (Lipinski definition) is 1. The molecule has 2 aliphatic heterocycles. The molecule has 2 aliphatic rings. The molecule has 0 amide bonds. The van der Waals surface area contributed by atoms with E-state index in [9.17, 15) is 0 Å². The van der Waals surface area contributed by atoms with Gasteiger partial charge in [0, 0.05) is 46.7 Å². The van der Waals surface area contributed by atoms with E-state index in [-0.39, 0.29) is 6.04 Å². The first-order valence-corrected chi connectivity index (χ1v) is 6.87. The average Bonchev–Trinajstić information content (AvgIpc) is 2.72. The van der Waals surface area contributed by atoms with Gasteiger partial charge in [-0.15, -0.1) is 0 Å². The van der Waals surface area contributed by atoms with E-state index in [1.165, 1.54) is 5.71 Å². The largest absolute Gasteiger partial charge is 0.305 e. The summed E-state index contributed by atoms with van der Waals surface area (Å²) in [5, 5.41) is 5.88. The molecule has 0 spiro atoms. The van der Waals surface area contributed by atoms with Crippen molar-refractivity contribution in [1.82, 2.24) is 10.3 Å². The number of hydrazone groups is 1. The van der Waals surface area contributed by atoms with Crippen LogP contribution in [0, 0.1) is 5.92 Å². The van der Waals surface area contributed by atoms with Gasteiger partial charge in [0.25, 0.3) is 0 Å². The molecule has 1 saturated heterocycles. The van der Waals surface area contributed by atoms with Gasteiger partial charge in [-0.1, -0.05) is 29.3 Å². The second kappa shape index (κ2) is 4.72. The lowest BCUT2D eigenvalue weighted by atomic mass is 9.86. The summed E-state index contributed by atoms with van der Waals surface area (Å²) in [5.41, 5.74) is 5.43. The molecule has 0 saturated carbocycles. The third-order valence-corrected chi connectivity index (χ3v) is 4.41. The van der Waals surface area contributed by atoms with Crippen molar-refractivity contribution in [3.05, 3.63) is 33.8 Å². The maximum Gasteiger partial charge on any atom is 0.0811 e. The zero-order valence-corrected chi connectivity index (χ0v) is 11.7. The van der Waals surface area contributed by atoms with Crippen LogP contribution in [-0.2, 0) is 0 Å². The first-order valence-electron chi connectivity index (χ1n) is 6.11. The Morgan fingerprint density at radius 3 is 2.78 bits per heavy atom. The minimum absolute atomic E-state index is 0.101. The number of benzene rings is 1. The molecule has 1 fully saturated rings. The minimum atomic E-state index is 0.101. The van der Waals surface area contributed by atoms with Crippen molar-refractivity contribution in [2.24, 2.45) is 11.0 Å². The zero-order valence-electron chi connectivity index (χ0n) is 10.2. The first kappa shape index (κ1) is 12.3. The molecule has 0 bridgehead atoms. The smallest absolute Gasteiger partial charge is 0.0811 e. The third-order valence-electron chi connectivity index (χ3n) is 3.75. The Hall–Kier alpha value is -0.770. The molecule has 3 rings (SSSR count). The van der Waals surface area contributed by atoms with E-state index in [0.29, 0.717) is 16.0 Å². The van der Waals surface area contributed by atoms with Crippen LogP contribution in [0.25, 0.3) is 0 Å². The van der Waals surface area contributed by atoms with Gasteiger partial charge < -0.3 is 10.3 Å². The summed E-state index contributed by atoms with van der Waals surface area (Å²) in [5.74, 6) is 0.376. The SMILES string of the molecule is CN1CCC2=NNC(c3c(Cl)cccc3Cl)C2C1. The van der Waals surface area contributed by atoms with Gasteiger partial charge in [-0.3, -0.25) is 0 Å². The van der Waals surface area contributed by atoms with Crippen molar-refractivity contribution in [3.8, 4) is 0 Å². The summed E-state index contributed by atoms with van der Waals surface area (Å²) in [4.78, 5) is 2.33. The van der Waals surface area contributed by atoms with Gasteiger partial charge in [-0.05, 0) is 19.2 Å². The van der Waals surface area contributed by atoms with E-state index in [1.807, 2.05) is 18.2 Å². The predicted octanol–water partition coefficient (Wildman–Crippen LogP) is 2.95. The Morgan fingerprint density at radius 1 is 1.33 bits per heavy atom. The lowest BCUT2D eigenvalue weighted by molar-refractivity contribution is 0.273. The lowest BCUT2D eigenvalue weighted by Gasteiger charge is -2.31. The quantitative estimate of drug-likeness (QED) is 0.858. The van der Waals surface area contributed by atoms with Crippen molar-refractivity contribution in [3.63, 3.8) is 0 Å². The van der Waals surface area contributed by atoms with E-state index in [2.05, 4.69) is 22.5 Å². The van der Waals surface area contributed by atoms with Crippen molar-refractivity contribution in [2.75, 3.05) is 20.1 Å². The fourth-order valence-electron chi connectivity index (χ4n) is 2.78. The van der Waals surface area contributed by atoms with Gasteiger partial charge in [-0.2, -0.15) is 5.10 Å². The Bertz CT molecular complexity index is 481. The number of nitrogens with one attached hydrogen (secondary N) is 1. The molecule has 2 atom stereocenters. The number of rotatable bonds is 1. The Labute approximate surface area is 117 Å². The highest BCUT2D eigenvalue weighted by Gasteiger charge is 2.37. The fourth-order valence-corrected chi connectivity index (χ4v) is 3.41. The molecule has 1 aromatic carbocycles. The van der Waals surface area contributed by atoms with Crippen LogP contribution in [0.2, 0.25) is 10.0 Å². The van der Waals surface area contributed by atoms with Crippen LogP contribution in [0.3, 0.4) is 0 Å². The third kappa shape index (κ3) is 2.00. The summed E-state index contributed by atoms with van der Waals surface area (Å²) >= 11 is 12.6. The molecule has 2 heterocycles. The Morgan fingerprint density at radius 2 is 2.06 bits per heavy atom. The lowest BCUT2D eigenvalue weighted by Crippen LogP contribution is -2.39. The fraction of sp³-hybridized carbons (Fsp3) is 0.462. The maximum atomic E-state index is 6.29. The number of hydrogen-bond acceptors (Lipinski definition) is 3. The molecular weight excluding hydrogens is 269 g/mol. The summed E-state index contributed by atoms with van der Waals surface area (Å²) in [6.45, 7) is 2.07. The normalized spacial score (nSPS) is 27.6. The van der Waals surface area contributed by atoms with E-state index in [0.717, 1.165) is 25.1 Å². The molecule has 18 heavy (non-hydrogen) atoms. The predicted molar refractivity (Wildman–Crippen MR) is 75.4 cm³/mol. The first-order chi connectivity index (χ1) is 8.66. The second-order valence-electron chi connectivity index (χ2n) is 4.96. The van der Waals surface area contributed by atoms with Crippen molar-refractivity contribution in [2.45, 2.75) is 12.5 Å². The highest BCUT2D eigenvalue weighted by Crippen LogP contribution is 2.38. The van der Waals surface area contributed by atoms with Crippen molar-refractivity contribution in [1.29, 1.82) is 0 Å². The summed E-state index contributed by atoms with van der Waals surface area (Å²) in [6.07, 6.45) is 1.02. The van der Waals surface area contributed by atoms with Gasteiger partial charge in [0.05, 0.1) is 6.04 Å². The number of fused-ring (bicyclic) bond motifs is 1. The van der Waals surface area contributed by atoms with Gasteiger partial charge in [-0.25, -0.2) is 0 Å². The molecule has 0 radical (unpaired) electrons. The molecule has 3 nitrogen and oxygen atoms in total. The monoisotopic (exact) mass is 283 g/mol. The zero-order chi connectivity index (χ0) is 12.7. The van der Waals surface area contributed by atoms with Crippen LogP contribution in [-0.4, -0.2) is 30.7 Å². The second-order valence-corrected chi connectivity index (χ2v) is 5.78. The molecule has 0 aliphatic carbocycles. The number of halogens is 2. The number of piperidine rings is 1. The molecule has 1 aromatic rings. The summed E-state index contributed by atoms with van der Waals surface area (Å²) in [6, 6.07) is 5.74.